The first kappa shape index (κ1) is 20.6. The zero-order valence-corrected chi connectivity index (χ0v) is 17.5. The van der Waals surface area contributed by atoms with Gasteiger partial charge in [0, 0.05) is 12.8 Å². The van der Waals surface area contributed by atoms with Gasteiger partial charge in [-0.1, -0.05) is 16.3 Å². The minimum atomic E-state index is -4.48. The van der Waals surface area contributed by atoms with Crippen molar-refractivity contribution in [2.24, 2.45) is 0 Å². The Morgan fingerprint density at radius 3 is 2.62 bits per heavy atom. The first-order chi connectivity index (χ1) is 15.1. The van der Waals surface area contributed by atoms with E-state index in [2.05, 4.69) is 10.1 Å². The maximum Gasteiger partial charge on any atom is 0.362 e. The lowest BCUT2D eigenvalue weighted by Crippen LogP contribution is -2.33. The molecule has 0 unspecified atom stereocenters. The lowest BCUT2D eigenvalue weighted by molar-refractivity contribution is 0.131. The number of halogens is 3. The second kappa shape index (κ2) is 6.87. The number of H-pyrrole nitrogens is 1. The highest BCUT2D eigenvalue weighted by atomic mass is 35.5. The zero-order valence-electron chi connectivity index (χ0n) is 15.9. The predicted molar refractivity (Wildman–Crippen MR) is 109 cm³/mol. The average Bonchev–Trinajstić information content (AvgIpc) is 3.13. The van der Waals surface area contributed by atoms with Gasteiger partial charge in [-0.15, -0.1) is 0 Å². The molecule has 0 aliphatic heterocycles. The summed E-state index contributed by atoms with van der Waals surface area (Å²) in [5, 5.41) is 13.1. The van der Waals surface area contributed by atoms with Crippen molar-refractivity contribution in [2.45, 2.75) is 34.8 Å². The first-order valence-corrected chi connectivity index (χ1v) is 11.2. The molecule has 0 radical (unpaired) electrons. The fourth-order valence-electron chi connectivity index (χ4n) is 3.85. The number of rotatable bonds is 3. The maximum atomic E-state index is 14.8. The van der Waals surface area contributed by atoms with Crippen LogP contribution in [-0.2, 0) is 9.84 Å². The number of sulfone groups is 1. The molecule has 2 aromatic carbocycles. The zero-order chi connectivity index (χ0) is 22.9. The van der Waals surface area contributed by atoms with E-state index in [0.29, 0.717) is 0 Å². The molecule has 4 aromatic rings. The molecule has 0 amide bonds. The molecule has 2 aromatic heterocycles. The van der Waals surface area contributed by atoms with Gasteiger partial charge in [-0.25, -0.2) is 22.0 Å². The van der Waals surface area contributed by atoms with Crippen molar-refractivity contribution in [3.8, 4) is 0 Å². The van der Waals surface area contributed by atoms with E-state index in [1.165, 1.54) is 16.9 Å². The number of nitrogens with zero attached hydrogens (tertiary/aromatic N) is 3. The fourth-order valence-corrected chi connectivity index (χ4v) is 5.53. The number of nitrogens with one attached hydrogen (secondary N) is 1. The first-order valence-electron chi connectivity index (χ1n) is 9.32. The normalized spacial score (nSPS) is 18.8. The van der Waals surface area contributed by atoms with E-state index in [-0.39, 0.29) is 39.5 Å². The fraction of sp³-hybridized carbons (Fsp3) is 0.211. The molecule has 1 aliphatic rings. The third kappa shape index (κ3) is 2.86. The third-order valence-corrected chi connectivity index (χ3v) is 7.68. The Bertz CT molecular complexity index is 1650. The van der Waals surface area contributed by atoms with Crippen molar-refractivity contribution >= 4 is 43.2 Å². The monoisotopic (exact) mass is 482 g/mol. The average molecular weight is 483 g/mol. The molecular formula is C19H13ClF2N4O5S. The van der Waals surface area contributed by atoms with Gasteiger partial charge >= 0.3 is 5.69 Å². The van der Waals surface area contributed by atoms with Crippen LogP contribution >= 0.6 is 11.6 Å². The van der Waals surface area contributed by atoms with Crippen molar-refractivity contribution in [2.75, 3.05) is 0 Å². The molecule has 1 saturated carbocycles. The quantitative estimate of drug-likeness (QED) is 0.432. The lowest BCUT2D eigenvalue weighted by Gasteiger charge is -2.30. The molecule has 0 saturated heterocycles. The second-order valence-electron chi connectivity index (χ2n) is 7.50. The van der Waals surface area contributed by atoms with Crippen molar-refractivity contribution in [3.05, 3.63) is 62.1 Å². The standard InChI is InChI=1S/C19H13ClF2N4O5S/c20-12-1-2-15(17-16(12)18(27)26(29)19(28)24-17)32(30,31)10-5-13(22)11-7-23-25(14(11)6-10)9-3-8(21)4-9/h1-2,5-9,29H,3-4H2,(H,24,28). The maximum absolute atomic E-state index is 14.8. The summed E-state index contributed by atoms with van der Waals surface area (Å²) in [6.45, 7) is 0. The van der Waals surface area contributed by atoms with Crippen LogP contribution in [-0.4, -0.2) is 39.3 Å². The Morgan fingerprint density at radius 2 is 1.94 bits per heavy atom. The topological polar surface area (TPSA) is 127 Å². The van der Waals surface area contributed by atoms with Crippen LogP contribution in [0.4, 0.5) is 8.78 Å². The van der Waals surface area contributed by atoms with Gasteiger partial charge in [0.15, 0.2) is 0 Å². The van der Waals surface area contributed by atoms with Gasteiger partial charge in [-0.05, 0) is 24.3 Å². The molecule has 2 N–H and O–H groups in total. The number of hydrogen-bond donors (Lipinski definition) is 2. The molecule has 2 heterocycles. The van der Waals surface area contributed by atoms with Crippen molar-refractivity contribution in [1.29, 1.82) is 0 Å². The van der Waals surface area contributed by atoms with Crippen LogP contribution < -0.4 is 11.2 Å². The van der Waals surface area contributed by atoms with E-state index in [1.54, 1.807) is 0 Å². The molecule has 1 aliphatic carbocycles. The molecule has 166 valence electrons. The Hall–Kier alpha value is -3.25. The van der Waals surface area contributed by atoms with Gasteiger partial charge in [0.1, 0.15) is 12.0 Å². The Kier molecular flexibility index (Phi) is 4.43. The Morgan fingerprint density at radius 1 is 1.22 bits per heavy atom. The SMILES string of the molecule is O=c1[nH]c2c(S(=O)(=O)c3cc(F)c4cnn(C5CC(F)C5)c4c3)ccc(Cl)c2c(=O)n1O. The highest BCUT2D eigenvalue weighted by molar-refractivity contribution is 7.91. The van der Waals surface area contributed by atoms with Gasteiger partial charge in [-0.2, -0.15) is 5.10 Å². The van der Waals surface area contributed by atoms with Crippen molar-refractivity contribution in [1.82, 2.24) is 19.5 Å². The molecule has 32 heavy (non-hydrogen) atoms. The largest absolute Gasteiger partial charge is 0.421 e. The molecule has 0 spiro atoms. The second-order valence-corrected chi connectivity index (χ2v) is 9.82. The number of aromatic amines is 1. The summed E-state index contributed by atoms with van der Waals surface area (Å²) in [4.78, 5) is 25.3. The summed E-state index contributed by atoms with van der Waals surface area (Å²) in [6.07, 6.45) is 0.618. The van der Waals surface area contributed by atoms with Crippen LogP contribution in [0.25, 0.3) is 21.8 Å². The van der Waals surface area contributed by atoms with Crippen LogP contribution in [0, 0.1) is 5.82 Å². The third-order valence-electron chi connectivity index (χ3n) is 5.59. The van der Waals surface area contributed by atoms with E-state index in [1.807, 2.05) is 0 Å². The number of fused-ring (bicyclic) bond motifs is 2. The molecule has 0 atom stereocenters. The van der Waals surface area contributed by atoms with Crippen LogP contribution in [0.5, 0.6) is 0 Å². The number of benzene rings is 2. The molecule has 0 bridgehead atoms. The van der Waals surface area contributed by atoms with Gasteiger partial charge in [0.2, 0.25) is 9.84 Å². The van der Waals surface area contributed by atoms with Crippen molar-refractivity contribution < 1.29 is 22.4 Å². The van der Waals surface area contributed by atoms with Gasteiger partial charge < -0.3 is 10.2 Å². The van der Waals surface area contributed by atoms with E-state index >= 15 is 0 Å². The lowest BCUT2D eigenvalue weighted by atomic mass is 9.91. The summed E-state index contributed by atoms with van der Waals surface area (Å²) in [7, 11) is -4.48. The van der Waals surface area contributed by atoms with E-state index in [9.17, 15) is 32.0 Å². The molecular weight excluding hydrogens is 470 g/mol. The Balaban J connectivity index is 1.76. The molecule has 9 nitrogen and oxygen atoms in total. The summed E-state index contributed by atoms with van der Waals surface area (Å²) in [5.74, 6) is -0.854. The van der Waals surface area contributed by atoms with Gasteiger partial charge in [0.25, 0.3) is 5.56 Å². The van der Waals surface area contributed by atoms with E-state index in [4.69, 9.17) is 11.6 Å². The molecule has 5 rings (SSSR count). The highest BCUT2D eigenvalue weighted by Gasteiger charge is 2.33. The summed E-state index contributed by atoms with van der Waals surface area (Å²) >= 11 is 5.99. The van der Waals surface area contributed by atoms with Crippen LogP contribution in [0.1, 0.15) is 18.9 Å². The van der Waals surface area contributed by atoms with Crippen LogP contribution in [0.3, 0.4) is 0 Å². The summed E-state index contributed by atoms with van der Waals surface area (Å²) in [6, 6.07) is 3.86. The number of alkyl halides is 1. The molecule has 13 heteroatoms. The highest BCUT2D eigenvalue weighted by Crippen LogP contribution is 2.38. The predicted octanol–water partition coefficient (Wildman–Crippen LogP) is 2.58. The van der Waals surface area contributed by atoms with Crippen molar-refractivity contribution in [3.63, 3.8) is 0 Å². The van der Waals surface area contributed by atoms with E-state index < -0.39 is 53.8 Å². The van der Waals surface area contributed by atoms with E-state index in [0.717, 1.165) is 18.2 Å². The smallest absolute Gasteiger partial charge is 0.362 e. The van der Waals surface area contributed by atoms with Gasteiger partial charge in [-0.3, -0.25) is 9.48 Å². The van der Waals surface area contributed by atoms with Gasteiger partial charge in [0.05, 0.1) is 48.9 Å². The number of hydrogen-bond acceptors (Lipinski definition) is 6. The molecule has 1 fully saturated rings. The number of aromatic nitrogens is 4. The summed E-state index contributed by atoms with van der Waals surface area (Å²) < 4.78 is 56.1. The van der Waals surface area contributed by atoms with Crippen LogP contribution in [0.2, 0.25) is 5.02 Å². The van der Waals surface area contributed by atoms with Crippen LogP contribution in [0.15, 0.2) is 49.8 Å². The minimum Gasteiger partial charge on any atom is -0.421 e. The summed E-state index contributed by atoms with van der Waals surface area (Å²) in [5.41, 5.74) is -2.74. The Labute approximate surface area is 182 Å². The minimum absolute atomic E-state index is 0.0730.